The Kier molecular flexibility index (Phi) is 3.47. The van der Waals surface area contributed by atoms with Gasteiger partial charge in [0.2, 0.25) is 0 Å². The molecule has 0 atom stereocenters. The number of hydrogen-bond acceptors (Lipinski definition) is 2. The lowest BCUT2D eigenvalue weighted by atomic mass is 10.0. The molecule has 0 saturated heterocycles. The van der Waals surface area contributed by atoms with Crippen LogP contribution in [0, 0.1) is 11.3 Å². The molecule has 2 rings (SSSR count). The van der Waals surface area contributed by atoms with Gasteiger partial charge in [0.1, 0.15) is 0 Å². The van der Waals surface area contributed by atoms with E-state index < -0.39 is 0 Å². The van der Waals surface area contributed by atoms with Crippen LogP contribution in [0.15, 0.2) is 24.4 Å². The maximum atomic E-state index is 12.1. The van der Waals surface area contributed by atoms with Crippen LogP contribution in [0.25, 0.3) is 5.52 Å². The Morgan fingerprint density at radius 1 is 1.33 bits per heavy atom. The fraction of sp³-hybridized carbons (Fsp3) is 0.333. The van der Waals surface area contributed by atoms with Crippen molar-refractivity contribution in [3.8, 4) is 6.07 Å². The zero-order chi connectivity index (χ0) is 13.1. The highest BCUT2D eigenvalue weighted by Crippen LogP contribution is 2.26. The minimum Gasteiger partial charge on any atom is -0.313 e. The number of nitrogens with zero attached hydrogens (tertiary/aromatic N) is 2. The van der Waals surface area contributed by atoms with Gasteiger partial charge in [0.15, 0.2) is 5.78 Å². The Hall–Kier alpha value is -2.08. The molecule has 0 N–H and O–H groups in total. The minimum atomic E-state index is 0.136. The molecule has 0 amide bonds. The highest BCUT2D eigenvalue weighted by atomic mass is 16.1. The van der Waals surface area contributed by atoms with Gasteiger partial charge in [-0.15, -0.1) is 0 Å². The van der Waals surface area contributed by atoms with Crippen LogP contribution in [0.1, 0.15) is 41.9 Å². The Morgan fingerprint density at radius 2 is 2.11 bits per heavy atom. The van der Waals surface area contributed by atoms with Gasteiger partial charge in [0.25, 0.3) is 0 Å². The Labute approximate surface area is 107 Å². The monoisotopic (exact) mass is 240 g/mol. The van der Waals surface area contributed by atoms with Gasteiger partial charge in [-0.3, -0.25) is 4.79 Å². The Balaban J connectivity index is 2.83. The maximum Gasteiger partial charge on any atom is 0.179 e. The maximum absolute atomic E-state index is 12.1. The summed E-state index contributed by atoms with van der Waals surface area (Å²) in [5, 5.41) is 8.96. The third-order valence-electron chi connectivity index (χ3n) is 3.25. The third-order valence-corrected chi connectivity index (χ3v) is 3.25. The molecule has 0 aliphatic rings. The van der Waals surface area contributed by atoms with Crippen molar-refractivity contribution in [1.29, 1.82) is 5.26 Å². The topological polar surface area (TPSA) is 45.3 Å². The lowest BCUT2D eigenvalue weighted by molar-refractivity contribution is 0.0981. The summed E-state index contributed by atoms with van der Waals surface area (Å²) in [7, 11) is 0. The predicted octanol–water partition coefficient (Wildman–Crippen LogP) is 3.16. The molecule has 18 heavy (non-hydrogen) atoms. The van der Waals surface area contributed by atoms with Crippen LogP contribution in [0.4, 0.5) is 0 Å². The number of nitriles is 1. The van der Waals surface area contributed by atoms with Gasteiger partial charge >= 0.3 is 0 Å². The van der Waals surface area contributed by atoms with Crippen molar-refractivity contribution in [2.45, 2.75) is 33.1 Å². The van der Waals surface area contributed by atoms with Crippen LogP contribution in [0.2, 0.25) is 0 Å². The average Bonchev–Trinajstić information content (AvgIpc) is 2.72. The molecule has 0 bridgehead atoms. The molecular weight excluding hydrogens is 224 g/mol. The number of rotatable bonds is 4. The fourth-order valence-corrected chi connectivity index (χ4v) is 2.45. The van der Waals surface area contributed by atoms with E-state index in [0.29, 0.717) is 12.8 Å². The number of ketones is 1. The standard InChI is InChI=1S/C15H16N2O/c1-3-11-12(8-9-16)13-7-5-6-10-17(13)15(11)14(18)4-2/h5-7,10H,3-4,8H2,1-2H3. The molecule has 2 heterocycles. The van der Waals surface area contributed by atoms with E-state index in [0.717, 1.165) is 28.8 Å². The highest BCUT2D eigenvalue weighted by molar-refractivity contribution is 5.98. The quantitative estimate of drug-likeness (QED) is 0.770. The lowest BCUT2D eigenvalue weighted by Crippen LogP contribution is -2.04. The summed E-state index contributed by atoms with van der Waals surface area (Å²) < 4.78 is 1.93. The molecule has 0 saturated carbocycles. The van der Waals surface area contributed by atoms with Gasteiger partial charge in [-0.1, -0.05) is 19.9 Å². The predicted molar refractivity (Wildman–Crippen MR) is 70.7 cm³/mol. The zero-order valence-corrected chi connectivity index (χ0v) is 10.7. The average molecular weight is 240 g/mol. The molecule has 0 aliphatic carbocycles. The van der Waals surface area contributed by atoms with E-state index >= 15 is 0 Å². The first-order valence-electron chi connectivity index (χ1n) is 6.25. The van der Waals surface area contributed by atoms with Crippen LogP contribution in [0.3, 0.4) is 0 Å². The number of aromatic nitrogens is 1. The van der Waals surface area contributed by atoms with Gasteiger partial charge < -0.3 is 4.40 Å². The number of hydrogen-bond donors (Lipinski definition) is 0. The van der Waals surface area contributed by atoms with Crippen molar-refractivity contribution in [2.24, 2.45) is 0 Å². The number of carbonyl (C=O) groups is 1. The normalized spacial score (nSPS) is 10.5. The molecule has 0 fully saturated rings. The van der Waals surface area contributed by atoms with Crippen LogP contribution in [0.5, 0.6) is 0 Å². The number of fused-ring (bicyclic) bond motifs is 1. The fourth-order valence-electron chi connectivity index (χ4n) is 2.45. The molecule has 2 aromatic rings. The van der Waals surface area contributed by atoms with Crippen LogP contribution < -0.4 is 0 Å². The molecule has 3 nitrogen and oxygen atoms in total. The van der Waals surface area contributed by atoms with E-state index in [1.54, 1.807) is 0 Å². The van der Waals surface area contributed by atoms with Crippen LogP contribution >= 0.6 is 0 Å². The van der Waals surface area contributed by atoms with Crippen molar-refractivity contribution in [2.75, 3.05) is 0 Å². The van der Waals surface area contributed by atoms with Crippen molar-refractivity contribution < 1.29 is 4.79 Å². The van der Waals surface area contributed by atoms with E-state index in [1.807, 2.05) is 42.6 Å². The van der Waals surface area contributed by atoms with E-state index in [4.69, 9.17) is 5.26 Å². The summed E-state index contributed by atoms with van der Waals surface area (Å²) in [4.78, 5) is 12.1. The third kappa shape index (κ3) is 1.80. The smallest absolute Gasteiger partial charge is 0.179 e. The first kappa shape index (κ1) is 12.4. The van der Waals surface area contributed by atoms with Gasteiger partial charge in [-0.05, 0) is 29.7 Å². The SMILES string of the molecule is CCC(=O)c1c(CC)c(CC#N)c2ccccn12. The summed E-state index contributed by atoms with van der Waals surface area (Å²) in [5.74, 6) is 0.136. The largest absolute Gasteiger partial charge is 0.313 e. The van der Waals surface area contributed by atoms with E-state index in [9.17, 15) is 4.79 Å². The molecule has 2 aromatic heterocycles. The van der Waals surface area contributed by atoms with Crippen LogP contribution in [-0.4, -0.2) is 10.2 Å². The number of pyridine rings is 1. The second-order valence-corrected chi connectivity index (χ2v) is 4.23. The molecule has 0 radical (unpaired) electrons. The van der Waals surface area contributed by atoms with E-state index in [-0.39, 0.29) is 5.78 Å². The van der Waals surface area contributed by atoms with Crippen LogP contribution in [-0.2, 0) is 12.8 Å². The lowest BCUT2D eigenvalue weighted by Gasteiger charge is -2.02. The van der Waals surface area contributed by atoms with Crippen molar-refractivity contribution in [3.63, 3.8) is 0 Å². The molecule has 0 unspecified atom stereocenters. The van der Waals surface area contributed by atoms with Gasteiger partial charge in [-0.2, -0.15) is 5.26 Å². The molecule has 3 heteroatoms. The Morgan fingerprint density at radius 3 is 2.72 bits per heavy atom. The van der Waals surface area contributed by atoms with Gasteiger partial charge in [0, 0.05) is 12.6 Å². The number of Topliss-reactive ketones (excluding diaryl/α,β-unsaturated/α-hetero) is 1. The van der Waals surface area contributed by atoms with Gasteiger partial charge in [0.05, 0.1) is 23.7 Å². The molecule has 0 spiro atoms. The summed E-state index contributed by atoms with van der Waals surface area (Å²) in [6.45, 7) is 3.90. The second-order valence-electron chi connectivity index (χ2n) is 4.23. The molecular formula is C15H16N2O. The first-order valence-corrected chi connectivity index (χ1v) is 6.25. The second kappa shape index (κ2) is 5.05. The molecule has 92 valence electrons. The van der Waals surface area contributed by atoms with Gasteiger partial charge in [-0.25, -0.2) is 0 Å². The van der Waals surface area contributed by atoms with E-state index in [1.165, 1.54) is 0 Å². The summed E-state index contributed by atoms with van der Waals surface area (Å²) in [6, 6.07) is 8.02. The summed E-state index contributed by atoms with van der Waals surface area (Å²) in [6.07, 6.45) is 3.52. The summed E-state index contributed by atoms with van der Waals surface area (Å²) >= 11 is 0. The van der Waals surface area contributed by atoms with Crippen molar-refractivity contribution in [1.82, 2.24) is 4.40 Å². The molecule has 0 aromatic carbocycles. The summed E-state index contributed by atoms with van der Waals surface area (Å²) in [5.41, 5.74) is 3.75. The zero-order valence-electron chi connectivity index (χ0n) is 10.7. The molecule has 0 aliphatic heterocycles. The van der Waals surface area contributed by atoms with E-state index in [2.05, 4.69) is 6.07 Å². The van der Waals surface area contributed by atoms with Crippen molar-refractivity contribution in [3.05, 3.63) is 41.2 Å². The van der Waals surface area contributed by atoms with Crippen molar-refractivity contribution >= 4 is 11.3 Å². The minimum absolute atomic E-state index is 0.136. The highest BCUT2D eigenvalue weighted by Gasteiger charge is 2.20. The Bertz CT molecular complexity index is 632. The number of carbonyl (C=O) groups excluding carboxylic acids is 1. The first-order chi connectivity index (χ1) is 8.74.